The third kappa shape index (κ3) is 2.64. The fourth-order valence-electron chi connectivity index (χ4n) is 1.97. The van der Waals surface area contributed by atoms with Crippen molar-refractivity contribution in [2.24, 2.45) is 0 Å². The van der Waals surface area contributed by atoms with Gasteiger partial charge in [-0.15, -0.1) is 0 Å². The predicted molar refractivity (Wildman–Crippen MR) is 71.8 cm³/mol. The van der Waals surface area contributed by atoms with Gasteiger partial charge in [0.15, 0.2) is 0 Å². The van der Waals surface area contributed by atoms with Crippen LogP contribution in [0.4, 0.5) is 0 Å². The van der Waals surface area contributed by atoms with Crippen LogP contribution in [-0.4, -0.2) is 23.6 Å². The highest BCUT2D eigenvalue weighted by molar-refractivity contribution is 5.84. The van der Waals surface area contributed by atoms with Crippen molar-refractivity contribution in [1.29, 1.82) is 0 Å². The number of benzene rings is 1. The maximum atomic E-state index is 11.7. The highest BCUT2D eigenvalue weighted by atomic mass is 16.5. The molecule has 18 heavy (non-hydrogen) atoms. The number of fused-ring (bicyclic) bond motifs is 1. The summed E-state index contributed by atoms with van der Waals surface area (Å²) in [6.45, 7) is 4.25. The molecule has 1 amide bonds. The predicted octanol–water partition coefficient (Wildman–Crippen LogP) is 2.17. The number of carbonyl (C=O) groups excluding carboxylic acids is 1. The minimum absolute atomic E-state index is 0.0262. The summed E-state index contributed by atoms with van der Waals surface area (Å²) in [6.07, 6.45) is 1.92. The third-order valence-corrected chi connectivity index (χ3v) is 2.74. The highest BCUT2D eigenvalue weighted by Crippen LogP contribution is 2.21. The van der Waals surface area contributed by atoms with Gasteiger partial charge >= 0.3 is 0 Å². The Kier molecular flexibility index (Phi) is 3.55. The molecule has 2 aromatic rings. The first-order chi connectivity index (χ1) is 8.60. The van der Waals surface area contributed by atoms with Gasteiger partial charge in [-0.3, -0.25) is 4.79 Å². The van der Waals surface area contributed by atoms with Gasteiger partial charge in [0.1, 0.15) is 12.3 Å². The number of methoxy groups -OCH3 is 1. The molecule has 0 unspecified atom stereocenters. The van der Waals surface area contributed by atoms with Crippen LogP contribution >= 0.6 is 0 Å². The number of rotatable bonds is 4. The van der Waals surface area contributed by atoms with Gasteiger partial charge in [0.05, 0.1) is 7.11 Å². The monoisotopic (exact) mass is 246 g/mol. The molecular formula is C14H18N2O2. The summed E-state index contributed by atoms with van der Waals surface area (Å²) in [5.74, 6) is 0.852. The number of nitrogens with zero attached hydrogens (tertiary/aromatic N) is 1. The fourth-order valence-corrected chi connectivity index (χ4v) is 1.97. The molecule has 96 valence electrons. The van der Waals surface area contributed by atoms with E-state index in [0.717, 1.165) is 16.7 Å². The molecule has 4 nitrogen and oxygen atoms in total. The molecule has 1 aromatic carbocycles. The zero-order valence-electron chi connectivity index (χ0n) is 10.9. The van der Waals surface area contributed by atoms with Crippen molar-refractivity contribution in [2.45, 2.75) is 26.4 Å². The van der Waals surface area contributed by atoms with Crippen LogP contribution in [0.3, 0.4) is 0 Å². The van der Waals surface area contributed by atoms with E-state index in [1.54, 1.807) is 7.11 Å². The van der Waals surface area contributed by atoms with E-state index in [0.29, 0.717) is 6.54 Å². The molecule has 0 saturated heterocycles. The van der Waals surface area contributed by atoms with Crippen molar-refractivity contribution < 1.29 is 9.53 Å². The first-order valence-electron chi connectivity index (χ1n) is 6.02. The van der Waals surface area contributed by atoms with Crippen LogP contribution in [0.2, 0.25) is 0 Å². The van der Waals surface area contributed by atoms with Crippen molar-refractivity contribution in [3.8, 4) is 5.75 Å². The van der Waals surface area contributed by atoms with Crippen LogP contribution in [-0.2, 0) is 11.3 Å². The first-order valence-corrected chi connectivity index (χ1v) is 6.02. The Bertz CT molecular complexity index is 558. The first kappa shape index (κ1) is 12.5. The summed E-state index contributed by atoms with van der Waals surface area (Å²) in [5, 5.41) is 3.96. The second-order valence-corrected chi connectivity index (χ2v) is 4.59. The van der Waals surface area contributed by atoms with Crippen LogP contribution in [0.25, 0.3) is 10.9 Å². The van der Waals surface area contributed by atoms with Gasteiger partial charge in [-0.1, -0.05) is 0 Å². The lowest BCUT2D eigenvalue weighted by Crippen LogP contribution is -2.32. The van der Waals surface area contributed by atoms with Crippen molar-refractivity contribution >= 4 is 16.8 Å². The second-order valence-electron chi connectivity index (χ2n) is 4.59. The van der Waals surface area contributed by atoms with E-state index < -0.39 is 0 Å². The third-order valence-electron chi connectivity index (χ3n) is 2.74. The molecule has 0 aliphatic carbocycles. The van der Waals surface area contributed by atoms with E-state index >= 15 is 0 Å². The van der Waals surface area contributed by atoms with E-state index in [1.807, 2.05) is 48.9 Å². The molecule has 1 aromatic heterocycles. The lowest BCUT2D eigenvalue weighted by Gasteiger charge is -2.10. The number of carbonyl (C=O) groups is 1. The van der Waals surface area contributed by atoms with E-state index in [-0.39, 0.29) is 11.9 Å². The normalized spacial score (nSPS) is 10.9. The van der Waals surface area contributed by atoms with Crippen LogP contribution in [0.1, 0.15) is 13.8 Å². The molecule has 0 aliphatic heterocycles. The smallest absolute Gasteiger partial charge is 0.240 e. The average Bonchev–Trinajstić information content (AvgIpc) is 2.70. The average molecular weight is 246 g/mol. The Hall–Kier alpha value is -1.97. The van der Waals surface area contributed by atoms with Gasteiger partial charge in [0.25, 0.3) is 0 Å². The van der Waals surface area contributed by atoms with Gasteiger partial charge in [-0.25, -0.2) is 0 Å². The summed E-state index contributed by atoms with van der Waals surface area (Å²) in [5.41, 5.74) is 1.04. The highest BCUT2D eigenvalue weighted by Gasteiger charge is 2.07. The Morgan fingerprint density at radius 3 is 2.83 bits per heavy atom. The van der Waals surface area contributed by atoms with Gasteiger partial charge in [-0.05, 0) is 38.1 Å². The second kappa shape index (κ2) is 5.12. The lowest BCUT2D eigenvalue weighted by molar-refractivity contribution is -0.122. The zero-order chi connectivity index (χ0) is 13.1. The van der Waals surface area contributed by atoms with Crippen molar-refractivity contribution in [1.82, 2.24) is 9.88 Å². The molecule has 0 aliphatic rings. The van der Waals surface area contributed by atoms with Crippen molar-refractivity contribution in [3.05, 3.63) is 30.5 Å². The molecule has 0 spiro atoms. The molecule has 0 radical (unpaired) electrons. The van der Waals surface area contributed by atoms with Crippen LogP contribution < -0.4 is 10.1 Å². The van der Waals surface area contributed by atoms with E-state index in [2.05, 4.69) is 5.32 Å². The molecule has 0 saturated carbocycles. The Labute approximate surface area is 107 Å². The molecule has 4 heteroatoms. The molecule has 0 bridgehead atoms. The maximum Gasteiger partial charge on any atom is 0.240 e. The summed E-state index contributed by atoms with van der Waals surface area (Å²) in [6, 6.07) is 7.99. The maximum absolute atomic E-state index is 11.7. The van der Waals surface area contributed by atoms with Gasteiger partial charge in [0.2, 0.25) is 5.91 Å². The summed E-state index contributed by atoms with van der Waals surface area (Å²) >= 11 is 0. The van der Waals surface area contributed by atoms with Crippen molar-refractivity contribution in [3.63, 3.8) is 0 Å². The van der Waals surface area contributed by atoms with Gasteiger partial charge in [0, 0.05) is 23.1 Å². The minimum atomic E-state index is 0.0262. The zero-order valence-corrected chi connectivity index (χ0v) is 10.9. The SMILES string of the molecule is COc1ccc2c(ccn2CC(=O)NC(C)C)c1. The van der Waals surface area contributed by atoms with E-state index in [4.69, 9.17) is 4.74 Å². The minimum Gasteiger partial charge on any atom is -0.497 e. The number of nitrogens with one attached hydrogen (secondary N) is 1. The molecular weight excluding hydrogens is 228 g/mol. The summed E-state index contributed by atoms with van der Waals surface area (Å²) in [4.78, 5) is 11.7. The molecule has 0 atom stereocenters. The van der Waals surface area contributed by atoms with E-state index in [1.165, 1.54) is 0 Å². The molecule has 0 fully saturated rings. The van der Waals surface area contributed by atoms with Gasteiger partial charge < -0.3 is 14.6 Å². The quantitative estimate of drug-likeness (QED) is 0.898. The lowest BCUT2D eigenvalue weighted by atomic mass is 10.2. The van der Waals surface area contributed by atoms with Gasteiger partial charge in [-0.2, -0.15) is 0 Å². The van der Waals surface area contributed by atoms with E-state index in [9.17, 15) is 4.79 Å². The Morgan fingerprint density at radius 2 is 2.17 bits per heavy atom. The standard InChI is InChI=1S/C14H18N2O2/c1-10(2)15-14(17)9-16-7-6-11-8-12(18-3)4-5-13(11)16/h4-8,10H,9H2,1-3H3,(H,15,17). The number of aromatic nitrogens is 1. The van der Waals surface area contributed by atoms with Crippen LogP contribution in [0, 0.1) is 0 Å². The van der Waals surface area contributed by atoms with Crippen LogP contribution in [0.5, 0.6) is 5.75 Å². The Morgan fingerprint density at radius 1 is 1.39 bits per heavy atom. The van der Waals surface area contributed by atoms with Crippen LogP contribution in [0.15, 0.2) is 30.5 Å². The largest absolute Gasteiger partial charge is 0.497 e. The molecule has 1 N–H and O–H groups in total. The number of hydrogen-bond donors (Lipinski definition) is 1. The van der Waals surface area contributed by atoms with Crippen molar-refractivity contribution in [2.75, 3.05) is 7.11 Å². The topological polar surface area (TPSA) is 43.3 Å². The number of amides is 1. The molecule has 1 heterocycles. The number of hydrogen-bond acceptors (Lipinski definition) is 2. The molecule has 2 rings (SSSR count). The summed E-state index contributed by atoms with van der Waals surface area (Å²) < 4.78 is 7.11. The Balaban J connectivity index is 2.22. The fraction of sp³-hybridized carbons (Fsp3) is 0.357. The number of ether oxygens (including phenoxy) is 1. The summed E-state index contributed by atoms with van der Waals surface area (Å²) in [7, 11) is 1.65.